The molecule has 1 amide bonds. The maximum Gasteiger partial charge on any atom is 0.328 e. The fourth-order valence-electron chi connectivity index (χ4n) is 3.79. The van der Waals surface area contributed by atoms with Crippen LogP contribution in [0, 0.1) is 11.2 Å². The second-order valence-corrected chi connectivity index (χ2v) is 6.74. The Labute approximate surface area is 140 Å². The van der Waals surface area contributed by atoms with Crippen molar-refractivity contribution in [3.8, 4) is 0 Å². The predicted octanol–water partition coefficient (Wildman–Crippen LogP) is 3.64. The first-order valence-electron chi connectivity index (χ1n) is 8.08. The molecule has 1 aromatic rings. The number of rotatable bonds is 4. The van der Waals surface area contributed by atoms with Crippen molar-refractivity contribution in [1.82, 2.24) is 4.90 Å². The number of fused-ring (bicyclic) bond motifs is 1. The molecule has 0 saturated carbocycles. The summed E-state index contributed by atoms with van der Waals surface area (Å²) in [7, 11) is 0. The summed E-state index contributed by atoms with van der Waals surface area (Å²) in [5.41, 5.74) is 2.46. The Morgan fingerprint density at radius 1 is 1.38 bits per heavy atom. The third kappa shape index (κ3) is 3.11. The Morgan fingerprint density at radius 3 is 2.75 bits per heavy atom. The molecule has 126 valence electrons. The standard InChI is InChI=1S/C19H20FNO3/c1-19-10-2-3-14(6-9-17(23)24)18(19)21(16(22)11-19)12-13-4-7-15(20)8-5-13/h4-9H,2-3,10-12H2,1H3,(H,23,24)/b9-6+. The zero-order valence-corrected chi connectivity index (χ0v) is 13.6. The molecule has 1 aliphatic heterocycles. The molecule has 0 spiro atoms. The van der Waals surface area contributed by atoms with Crippen LogP contribution in [0.3, 0.4) is 0 Å². The third-order valence-electron chi connectivity index (χ3n) is 4.84. The zero-order chi connectivity index (χ0) is 17.3. The summed E-state index contributed by atoms with van der Waals surface area (Å²) in [6.45, 7) is 2.45. The summed E-state index contributed by atoms with van der Waals surface area (Å²) in [6, 6.07) is 6.12. The summed E-state index contributed by atoms with van der Waals surface area (Å²) < 4.78 is 13.1. The van der Waals surface area contributed by atoms with Crippen molar-refractivity contribution in [1.29, 1.82) is 0 Å². The number of amides is 1. The summed E-state index contributed by atoms with van der Waals surface area (Å²) in [5.74, 6) is -1.26. The van der Waals surface area contributed by atoms with E-state index in [0.29, 0.717) is 13.0 Å². The molecule has 4 nitrogen and oxygen atoms in total. The van der Waals surface area contributed by atoms with Crippen LogP contribution in [0.5, 0.6) is 0 Å². The molecule has 1 aromatic carbocycles. The number of benzene rings is 1. The third-order valence-corrected chi connectivity index (χ3v) is 4.84. The molecule has 1 unspecified atom stereocenters. The highest BCUT2D eigenvalue weighted by Gasteiger charge is 2.46. The minimum Gasteiger partial charge on any atom is -0.478 e. The average molecular weight is 329 g/mol. The fraction of sp³-hybridized carbons (Fsp3) is 0.368. The molecule has 1 fully saturated rings. The van der Waals surface area contributed by atoms with Gasteiger partial charge in [-0.25, -0.2) is 9.18 Å². The summed E-state index contributed by atoms with van der Waals surface area (Å²) in [4.78, 5) is 25.2. The Kier molecular flexibility index (Phi) is 4.26. The monoisotopic (exact) mass is 329 g/mol. The van der Waals surface area contributed by atoms with E-state index in [-0.39, 0.29) is 17.1 Å². The molecular formula is C19H20FNO3. The van der Waals surface area contributed by atoms with Crippen molar-refractivity contribution in [2.75, 3.05) is 0 Å². The van der Waals surface area contributed by atoms with Crippen molar-refractivity contribution in [3.05, 3.63) is 59.1 Å². The summed E-state index contributed by atoms with van der Waals surface area (Å²) in [6.07, 6.45) is 5.81. The maximum atomic E-state index is 13.1. The normalized spacial score (nSPS) is 23.9. The highest BCUT2D eigenvalue weighted by atomic mass is 19.1. The van der Waals surface area contributed by atoms with Crippen LogP contribution in [0.25, 0.3) is 0 Å². The van der Waals surface area contributed by atoms with Gasteiger partial charge < -0.3 is 10.0 Å². The van der Waals surface area contributed by atoms with Crippen molar-refractivity contribution < 1.29 is 19.1 Å². The number of halogens is 1. The summed E-state index contributed by atoms with van der Waals surface area (Å²) in [5, 5.41) is 8.90. The highest BCUT2D eigenvalue weighted by Crippen LogP contribution is 2.50. The van der Waals surface area contributed by atoms with Gasteiger partial charge in [-0.2, -0.15) is 0 Å². The molecule has 24 heavy (non-hydrogen) atoms. The molecule has 0 bridgehead atoms. The quantitative estimate of drug-likeness (QED) is 0.858. The van der Waals surface area contributed by atoms with E-state index in [1.807, 2.05) is 0 Å². The SMILES string of the molecule is CC12CCCC(/C=C/C(=O)O)=C1N(Cc1ccc(F)cc1)C(=O)C2. The molecule has 3 rings (SSSR count). The smallest absolute Gasteiger partial charge is 0.328 e. The van der Waals surface area contributed by atoms with Crippen LogP contribution < -0.4 is 0 Å². The minimum atomic E-state index is -0.996. The van der Waals surface area contributed by atoms with Crippen LogP contribution in [0.1, 0.15) is 38.2 Å². The number of carbonyl (C=O) groups excluding carboxylic acids is 1. The second kappa shape index (κ2) is 6.23. The van der Waals surface area contributed by atoms with Gasteiger partial charge in [0.15, 0.2) is 0 Å². The molecule has 5 heteroatoms. The van der Waals surface area contributed by atoms with Crippen LogP contribution in [0.4, 0.5) is 4.39 Å². The van der Waals surface area contributed by atoms with Crippen molar-refractivity contribution >= 4 is 11.9 Å². The van der Waals surface area contributed by atoms with Gasteiger partial charge in [-0.15, -0.1) is 0 Å². The van der Waals surface area contributed by atoms with Gasteiger partial charge in [0.2, 0.25) is 5.91 Å². The van der Waals surface area contributed by atoms with E-state index in [0.717, 1.165) is 42.2 Å². The van der Waals surface area contributed by atoms with E-state index < -0.39 is 5.97 Å². The number of nitrogens with zero attached hydrogens (tertiary/aromatic N) is 1. The van der Waals surface area contributed by atoms with Gasteiger partial charge in [0, 0.05) is 23.6 Å². The lowest BCUT2D eigenvalue weighted by Gasteiger charge is -2.34. The number of hydrogen-bond acceptors (Lipinski definition) is 2. The molecular weight excluding hydrogens is 309 g/mol. The average Bonchev–Trinajstić information content (AvgIpc) is 2.78. The van der Waals surface area contributed by atoms with Crippen molar-refractivity contribution in [3.63, 3.8) is 0 Å². The first kappa shape index (κ1) is 16.4. The Hall–Kier alpha value is -2.43. The minimum absolute atomic E-state index is 0.0416. The van der Waals surface area contributed by atoms with Crippen LogP contribution >= 0.6 is 0 Å². The van der Waals surface area contributed by atoms with Gasteiger partial charge in [-0.05, 0) is 42.5 Å². The number of carboxylic acid groups (broad SMARTS) is 1. The van der Waals surface area contributed by atoms with Crippen molar-refractivity contribution in [2.45, 2.75) is 39.2 Å². The van der Waals surface area contributed by atoms with E-state index in [1.54, 1.807) is 23.1 Å². The van der Waals surface area contributed by atoms with Gasteiger partial charge in [0.1, 0.15) is 5.82 Å². The zero-order valence-electron chi connectivity index (χ0n) is 13.6. The largest absolute Gasteiger partial charge is 0.478 e. The number of aliphatic carboxylic acids is 1. The van der Waals surface area contributed by atoms with E-state index in [1.165, 1.54) is 12.1 Å². The van der Waals surface area contributed by atoms with E-state index in [2.05, 4.69) is 6.92 Å². The second-order valence-electron chi connectivity index (χ2n) is 6.74. The topological polar surface area (TPSA) is 57.6 Å². The molecule has 2 aliphatic rings. The number of hydrogen-bond donors (Lipinski definition) is 1. The Bertz CT molecular complexity index is 735. The molecule has 0 aromatic heterocycles. The molecule has 1 atom stereocenters. The number of carboxylic acids is 1. The lowest BCUT2D eigenvalue weighted by Crippen LogP contribution is -2.28. The van der Waals surface area contributed by atoms with Crippen LogP contribution in [-0.2, 0) is 16.1 Å². The van der Waals surface area contributed by atoms with Gasteiger partial charge in [-0.3, -0.25) is 4.79 Å². The van der Waals surface area contributed by atoms with Gasteiger partial charge >= 0.3 is 5.97 Å². The van der Waals surface area contributed by atoms with Gasteiger partial charge in [0.25, 0.3) is 0 Å². The van der Waals surface area contributed by atoms with Crippen molar-refractivity contribution in [2.24, 2.45) is 5.41 Å². The molecule has 1 saturated heterocycles. The van der Waals surface area contributed by atoms with Crippen LogP contribution in [-0.4, -0.2) is 21.9 Å². The van der Waals surface area contributed by atoms with E-state index in [4.69, 9.17) is 5.11 Å². The Balaban J connectivity index is 1.98. The molecule has 0 radical (unpaired) electrons. The highest BCUT2D eigenvalue weighted by molar-refractivity contribution is 5.84. The Morgan fingerprint density at radius 2 is 2.08 bits per heavy atom. The fourth-order valence-corrected chi connectivity index (χ4v) is 3.79. The van der Waals surface area contributed by atoms with Gasteiger partial charge in [-0.1, -0.05) is 25.1 Å². The molecule has 1 N–H and O–H groups in total. The number of likely N-dealkylation sites (tertiary alicyclic amines) is 1. The van der Waals surface area contributed by atoms with E-state index >= 15 is 0 Å². The first-order valence-corrected chi connectivity index (χ1v) is 8.08. The maximum absolute atomic E-state index is 13.1. The van der Waals surface area contributed by atoms with E-state index in [9.17, 15) is 14.0 Å². The van der Waals surface area contributed by atoms with Crippen LogP contribution in [0.2, 0.25) is 0 Å². The van der Waals surface area contributed by atoms with Gasteiger partial charge in [0.05, 0.1) is 6.54 Å². The molecule has 1 heterocycles. The molecule has 1 aliphatic carbocycles. The number of allylic oxidation sites excluding steroid dienone is 3. The lowest BCUT2D eigenvalue weighted by atomic mass is 9.74. The predicted molar refractivity (Wildman–Crippen MR) is 87.3 cm³/mol. The number of carbonyl (C=O) groups is 2. The lowest BCUT2D eigenvalue weighted by molar-refractivity contribution is -0.131. The summed E-state index contributed by atoms with van der Waals surface area (Å²) >= 11 is 0. The first-order chi connectivity index (χ1) is 11.4. The van der Waals surface area contributed by atoms with Crippen LogP contribution in [0.15, 0.2) is 47.7 Å².